The van der Waals surface area contributed by atoms with Gasteiger partial charge in [0.1, 0.15) is 17.7 Å². The number of hydrazone groups is 1. The van der Waals surface area contributed by atoms with Crippen LogP contribution in [0.2, 0.25) is 0 Å². The van der Waals surface area contributed by atoms with E-state index in [-0.39, 0.29) is 37.7 Å². The molecule has 6 rings (SSSR count). The fourth-order valence-electron chi connectivity index (χ4n) is 6.71. The second kappa shape index (κ2) is 14.2. The van der Waals surface area contributed by atoms with Gasteiger partial charge in [-0.25, -0.2) is 19.6 Å². The number of esters is 1. The summed E-state index contributed by atoms with van der Waals surface area (Å²) in [6.45, 7) is 11.9. The Kier molecular flexibility index (Phi) is 10.1. The summed E-state index contributed by atoms with van der Waals surface area (Å²) in [6.07, 6.45) is 3.11. The van der Waals surface area contributed by atoms with Gasteiger partial charge in [0.25, 0.3) is 17.3 Å². The zero-order chi connectivity index (χ0) is 39.2. The lowest BCUT2D eigenvalue weighted by molar-refractivity contribution is -0.384. The number of rotatable bonds is 10. The zero-order valence-electron chi connectivity index (χ0n) is 31.3. The molecule has 284 valence electrons. The number of nitrogens with zero attached hydrogens (tertiary/aromatic N) is 6. The molecule has 54 heavy (non-hydrogen) atoms. The fourth-order valence-corrected chi connectivity index (χ4v) is 8.46. The monoisotopic (exact) mass is 756 g/mol. The van der Waals surface area contributed by atoms with Crippen LogP contribution in [0.25, 0.3) is 0 Å². The molecule has 15 heteroatoms. The lowest BCUT2D eigenvalue weighted by atomic mass is 9.78. The van der Waals surface area contributed by atoms with E-state index in [0.717, 1.165) is 28.5 Å². The summed E-state index contributed by atoms with van der Waals surface area (Å²) in [7, 11) is 1.37. The zero-order valence-corrected chi connectivity index (χ0v) is 32.1. The molecule has 3 saturated heterocycles. The van der Waals surface area contributed by atoms with Crippen molar-refractivity contribution in [2.24, 2.45) is 10.1 Å². The van der Waals surface area contributed by atoms with Gasteiger partial charge in [0.15, 0.2) is 0 Å². The first-order valence-corrected chi connectivity index (χ1v) is 18.4. The molecule has 0 aliphatic carbocycles. The average molecular weight is 757 g/mol. The summed E-state index contributed by atoms with van der Waals surface area (Å²) in [5, 5.41) is 27.2. The Labute approximate surface area is 318 Å². The van der Waals surface area contributed by atoms with Gasteiger partial charge >= 0.3 is 12.0 Å². The minimum absolute atomic E-state index is 0.109. The molecule has 3 aromatic rings. The van der Waals surface area contributed by atoms with E-state index in [1.807, 2.05) is 84.0 Å². The maximum Gasteiger partial charge on any atom is 0.345 e. The van der Waals surface area contributed by atoms with E-state index >= 15 is 0 Å². The minimum atomic E-state index is -1.72. The predicted molar refractivity (Wildman–Crippen MR) is 204 cm³/mol. The van der Waals surface area contributed by atoms with Crippen LogP contribution < -0.4 is 0 Å². The van der Waals surface area contributed by atoms with E-state index in [1.54, 1.807) is 12.4 Å². The Balaban J connectivity index is 1.32. The first kappa shape index (κ1) is 38.4. The Morgan fingerprint density at radius 3 is 2.19 bits per heavy atom. The number of ether oxygens (including phenoxy) is 2. The minimum Gasteiger partial charge on any atom is -0.507 e. The Morgan fingerprint density at radius 2 is 1.61 bits per heavy atom. The van der Waals surface area contributed by atoms with Gasteiger partial charge in [-0.15, -0.1) is 0 Å². The molecule has 3 atom stereocenters. The number of hydrogen-bond donors (Lipinski definition) is 1. The molecule has 1 unspecified atom stereocenters. The summed E-state index contributed by atoms with van der Waals surface area (Å²) in [4.78, 5) is 58.8. The van der Waals surface area contributed by atoms with Gasteiger partial charge in [-0.3, -0.25) is 19.8 Å². The summed E-state index contributed by atoms with van der Waals surface area (Å²) in [5.74, 6) is -1.05. The van der Waals surface area contributed by atoms with Gasteiger partial charge in [0.05, 0.1) is 24.2 Å². The van der Waals surface area contributed by atoms with Gasteiger partial charge in [-0.05, 0) is 51.8 Å². The molecule has 0 spiro atoms. The van der Waals surface area contributed by atoms with Crippen LogP contribution in [-0.2, 0) is 36.5 Å². The summed E-state index contributed by atoms with van der Waals surface area (Å²) >= 11 is 1.05. The molecule has 14 nitrogen and oxygen atoms in total. The number of nitro benzene ring substituents is 1. The first-order chi connectivity index (χ1) is 25.4. The predicted octanol–water partition coefficient (Wildman–Crippen LogP) is 5.78. The first-order valence-electron chi connectivity index (χ1n) is 17.5. The van der Waals surface area contributed by atoms with Crippen molar-refractivity contribution in [2.45, 2.75) is 74.9 Å². The third-order valence-electron chi connectivity index (χ3n) is 9.75. The molecule has 0 saturated carbocycles. The molecule has 3 fully saturated rings. The lowest BCUT2D eigenvalue weighted by Crippen LogP contribution is -2.70. The maximum atomic E-state index is 14.3. The molecule has 0 bridgehead atoms. The van der Waals surface area contributed by atoms with Crippen LogP contribution in [0.5, 0.6) is 5.75 Å². The SMILES string of the molecule is COC1(N=Cc2cc(C(C)(C)C)c(O)c(C(C)(C)C)c2)C(=O)N2C[C@@](C(=O)OCc3ccc([N+](=O)[O-])cc3)(N3CCN(/N=C/c4ccccc4)C3=O)S[C@@H]21. The van der Waals surface area contributed by atoms with Crippen LogP contribution in [0.3, 0.4) is 0 Å². The number of fused-ring (bicyclic) bond motifs is 1. The van der Waals surface area contributed by atoms with Crippen LogP contribution in [0.15, 0.2) is 76.8 Å². The van der Waals surface area contributed by atoms with E-state index in [4.69, 9.17) is 14.5 Å². The van der Waals surface area contributed by atoms with E-state index in [1.165, 1.54) is 46.2 Å². The van der Waals surface area contributed by atoms with Crippen molar-refractivity contribution in [3.05, 3.63) is 105 Å². The van der Waals surface area contributed by atoms with Crippen LogP contribution in [0.4, 0.5) is 10.5 Å². The number of hydrogen-bond acceptors (Lipinski definition) is 11. The normalized spacial score (nSPS) is 23.0. The number of phenolic OH excluding ortho intramolecular Hbond substituents is 1. The van der Waals surface area contributed by atoms with Gasteiger partial charge in [0.2, 0.25) is 4.87 Å². The largest absolute Gasteiger partial charge is 0.507 e. The highest BCUT2D eigenvalue weighted by molar-refractivity contribution is 8.02. The molecule has 3 aliphatic heterocycles. The average Bonchev–Trinajstić information content (AvgIpc) is 3.69. The molecule has 3 aliphatic rings. The van der Waals surface area contributed by atoms with Crippen LogP contribution in [0, 0.1) is 10.1 Å². The fraction of sp³-hybridized carbons (Fsp3) is 0.410. The number of β-lactam (4-membered cyclic amide) rings is 1. The Bertz CT molecular complexity index is 1990. The standard InChI is InChI=1S/C39H44N6O8S/c1-36(2,3)29-19-27(20-30(31(29)46)37(4,5)6)21-40-39(52-7)32(47)42-24-38(54-33(39)42,34(48)53-23-26-13-15-28(16-14-26)45(50)51)43-17-18-44(35(43)49)41-22-25-11-9-8-10-12-25/h8-16,19-22,33,46H,17-18,23-24H2,1-7H3/b40-21?,41-22+/t33-,38-,39?/m1/s1. The number of carbonyl (C=O) groups is 3. The van der Waals surface area contributed by atoms with Gasteiger partial charge in [-0.2, -0.15) is 5.10 Å². The highest BCUT2D eigenvalue weighted by Crippen LogP contribution is 2.55. The molecule has 3 amide bonds. The number of thioether (sulfide) groups is 1. The number of carbonyl (C=O) groups excluding carboxylic acids is 3. The van der Waals surface area contributed by atoms with Crippen molar-refractivity contribution < 1.29 is 33.9 Å². The molecular weight excluding hydrogens is 713 g/mol. The Morgan fingerprint density at radius 1 is 0.981 bits per heavy atom. The molecule has 3 aromatic carbocycles. The van der Waals surface area contributed by atoms with Crippen molar-refractivity contribution in [2.75, 3.05) is 26.7 Å². The Hall–Kier alpha value is -5.28. The number of phenols is 1. The van der Waals surface area contributed by atoms with Crippen molar-refractivity contribution in [3.63, 3.8) is 0 Å². The van der Waals surface area contributed by atoms with Gasteiger partial charge in [-0.1, -0.05) is 83.6 Å². The van der Waals surface area contributed by atoms with E-state index in [9.17, 15) is 29.6 Å². The molecule has 3 heterocycles. The van der Waals surface area contributed by atoms with E-state index in [0.29, 0.717) is 11.1 Å². The lowest BCUT2D eigenvalue weighted by Gasteiger charge is -2.47. The summed E-state index contributed by atoms with van der Waals surface area (Å²) in [6, 6.07) is 18.0. The highest BCUT2D eigenvalue weighted by atomic mass is 32.2. The van der Waals surface area contributed by atoms with Gasteiger partial charge < -0.3 is 19.5 Å². The second-order valence-corrected chi connectivity index (χ2v) is 16.9. The topological polar surface area (TPSA) is 167 Å². The third kappa shape index (κ3) is 6.93. The third-order valence-corrected chi connectivity index (χ3v) is 11.4. The van der Waals surface area contributed by atoms with Crippen molar-refractivity contribution in [3.8, 4) is 5.75 Å². The molecular formula is C39H44N6O8S. The van der Waals surface area contributed by atoms with E-state index < -0.39 is 49.6 Å². The van der Waals surface area contributed by atoms with Crippen molar-refractivity contribution in [1.82, 2.24) is 14.8 Å². The number of non-ortho nitro benzene ring substituents is 1. The molecule has 0 aromatic heterocycles. The summed E-state index contributed by atoms with van der Waals surface area (Å²) < 4.78 is 11.7. The number of aliphatic imine (C=N–C) groups is 1. The summed E-state index contributed by atoms with van der Waals surface area (Å²) in [5.41, 5.74) is 0.767. The van der Waals surface area contributed by atoms with Crippen LogP contribution >= 0.6 is 11.8 Å². The van der Waals surface area contributed by atoms with Crippen molar-refractivity contribution in [1.29, 1.82) is 0 Å². The number of aromatic hydroxyl groups is 1. The second-order valence-electron chi connectivity index (χ2n) is 15.5. The number of benzene rings is 3. The van der Waals surface area contributed by atoms with Gasteiger partial charge in [0, 0.05) is 43.1 Å². The number of nitro groups is 1. The van der Waals surface area contributed by atoms with E-state index in [2.05, 4.69) is 5.10 Å². The molecule has 1 N–H and O–H groups in total. The highest BCUT2D eigenvalue weighted by Gasteiger charge is 2.73. The maximum absolute atomic E-state index is 14.3. The van der Waals surface area contributed by atoms with Crippen LogP contribution in [-0.4, -0.2) is 97.9 Å². The van der Waals surface area contributed by atoms with Crippen molar-refractivity contribution >= 4 is 47.8 Å². The quantitative estimate of drug-likeness (QED) is 0.0887. The number of amides is 3. The smallest absolute Gasteiger partial charge is 0.345 e. The number of urea groups is 1. The van der Waals surface area contributed by atoms with Crippen LogP contribution in [0.1, 0.15) is 69.4 Å². The number of methoxy groups -OCH3 is 1. The molecule has 0 radical (unpaired) electrons.